The molecule has 1 saturated carbocycles. The number of carbonyl (C=O) groups excluding carboxylic acids is 1. The molecule has 0 bridgehead atoms. The summed E-state index contributed by atoms with van der Waals surface area (Å²) in [5, 5.41) is 7.56. The third kappa shape index (κ3) is 2.30. The normalized spacial score (nSPS) is 26.1. The Balaban J connectivity index is 1.63. The first kappa shape index (κ1) is 14.6. The van der Waals surface area contributed by atoms with Crippen LogP contribution in [0.5, 0.6) is 0 Å². The number of aryl methyl sites for hydroxylation is 1. The second-order valence-electron chi connectivity index (χ2n) is 7.32. The minimum absolute atomic E-state index is 0.158. The fourth-order valence-corrected chi connectivity index (χ4v) is 3.99. The zero-order chi connectivity index (χ0) is 16.2. The van der Waals surface area contributed by atoms with Gasteiger partial charge in [-0.1, -0.05) is 18.2 Å². The highest BCUT2D eigenvalue weighted by atomic mass is 16.2. The number of carbonyl (C=O) groups is 1. The zero-order valence-corrected chi connectivity index (χ0v) is 13.8. The van der Waals surface area contributed by atoms with E-state index in [2.05, 4.69) is 20.6 Å². The maximum Gasteiger partial charge on any atom is 0.224 e. The molecule has 23 heavy (non-hydrogen) atoms. The summed E-state index contributed by atoms with van der Waals surface area (Å²) in [5.74, 6) is 1.38. The van der Waals surface area contributed by atoms with E-state index in [9.17, 15) is 4.79 Å². The van der Waals surface area contributed by atoms with E-state index in [1.54, 1.807) is 6.33 Å². The Labute approximate surface area is 135 Å². The molecule has 1 saturated heterocycles. The van der Waals surface area contributed by atoms with Crippen LogP contribution in [-0.4, -0.2) is 29.0 Å². The molecule has 120 valence electrons. The molecule has 1 aromatic carbocycles. The highest BCUT2D eigenvalue weighted by Crippen LogP contribution is 2.49. The first-order valence-electron chi connectivity index (χ1n) is 8.22. The number of aromatic nitrogens is 2. The molecule has 2 N–H and O–H groups in total. The van der Waals surface area contributed by atoms with Crippen LogP contribution in [0.15, 0.2) is 24.5 Å². The second-order valence-corrected chi connectivity index (χ2v) is 7.32. The summed E-state index contributed by atoms with van der Waals surface area (Å²) in [4.78, 5) is 21.5. The summed E-state index contributed by atoms with van der Waals surface area (Å²) < 4.78 is 0. The molecule has 2 aromatic rings. The van der Waals surface area contributed by atoms with Gasteiger partial charge in [0.05, 0.1) is 16.7 Å². The molecule has 1 aromatic heterocycles. The van der Waals surface area contributed by atoms with Crippen LogP contribution >= 0.6 is 0 Å². The van der Waals surface area contributed by atoms with E-state index < -0.39 is 5.54 Å². The van der Waals surface area contributed by atoms with Crippen LogP contribution in [0.2, 0.25) is 0 Å². The lowest BCUT2D eigenvalue weighted by molar-refractivity contribution is -0.124. The smallest absolute Gasteiger partial charge is 0.224 e. The van der Waals surface area contributed by atoms with Gasteiger partial charge in [-0.25, -0.2) is 9.97 Å². The molecule has 5 nitrogen and oxygen atoms in total. The lowest BCUT2D eigenvalue weighted by atomic mass is 9.95. The van der Waals surface area contributed by atoms with Gasteiger partial charge in [-0.2, -0.15) is 0 Å². The fourth-order valence-electron chi connectivity index (χ4n) is 3.99. The van der Waals surface area contributed by atoms with Gasteiger partial charge in [-0.15, -0.1) is 0 Å². The molecule has 2 heterocycles. The van der Waals surface area contributed by atoms with Gasteiger partial charge in [0.25, 0.3) is 0 Å². The Morgan fingerprint density at radius 3 is 2.74 bits per heavy atom. The van der Waals surface area contributed by atoms with Crippen molar-refractivity contribution in [1.82, 2.24) is 20.6 Å². The summed E-state index contributed by atoms with van der Waals surface area (Å²) in [6, 6.07) is 6.09. The van der Waals surface area contributed by atoms with Crippen LogP contribution < -0.4 is 10.6 Å². The van der Waals surface area contributed by atoms with Gasteiger partial charge < -0.3 is 10.6 Å². The van der Waals surface area contributed by atoms with E-state index in [0.717, 1.165) is 35.2 Å². The Kier molecular flexibility index (Phi) is 3.17. The van der Waals surface area contributed by atoms with Gasteiger partial charge in [0.1, 0.15) is 6.33 Å². The lowest BCUT2D eigenvalue weighted by Crippen LogP contribution is -2.43. The molecular weight excluding hydrogens is 288 g/mol. The lowest BCUT2D eigenvalue weighted by Gasteiger charge is -2.27. The van der Waals surface area contributed by atoms with Crippen LogP contribution in [0.1, 0.15) is 25.1 Å². The van der Waals surface area contributed by atoms with Crippen LogP contribution in [0.3, 0.4) is 0 Å². The van der Waals surface area contributed by atoms with Crippen LogP contribution in [0, 0.1) is 24.7 Å². The van der Waals surface area contributed by atoms with E-state index >= 15 is 0 Å². The Hall–Kier alpha value is -2.01. The monoisotopic (exact) mass is 310 g/mol. The highest BCUT2D eigenvalue weighted by molar-refractivity contribution is 5.87. The first-order chi connectivity index (χ1) is 11.0. The summed E-state index contributed by atoms with van der Waals surface area (Å²) in [6.07, 6.45) is 1.59. The molecule has 2 aliphatic rings. The Morgan fingerprint density at radius 2 is 2.00 bits per heavy atom. The van der Waals surface area contributed by atoms with Gasteiger partial charge >= 0.3 is 0 Å². The van der Waals surface area contributed by atoms with Gasteiger partial charge in [0, 0.05) is 11.3 Å². The third-order valence-electron chi connectivity index (χ3n) is 5.29. The summed E-state index contributed by atoms with van der Waals surface area (Å²) in [5.41, 5.74) is 2.43. The molecule has 2 unspecified atom stereocenters. The van der Waals surface area contributed by atoms with E-state index in [0.29, 0.717) is 11.8 Å². The van der Waals surface area contributed by atoms with Crippen molar-refractivity contribution < 1.29 is 4.79 Å². The predicted molar refractivity (Wildman–Crippen MR) is 88.8 cm³/mol. The first-order valence-corrected chi connectivity index (χ1v) is 8.22. The van der Waals surface area contributed by atoms with Crippen molar-refractivity contribution in [3.05, 3.63) is 35.8 Å². The molecule has 1 aliphatic carbocycles. The molecule has 0 spiro atoms. The van der Waals surface area contributed by atoms with Crippen molar-refractivity contribution in [2.45, 2.75) is 26.3 Å². The van der Waals surface area contributed by atoms with E-state index in [1.807, 2.05) is 39.0 Å². The average molecular weight is 310 g/mol. The number of hydrogen-bond donors (Lipinski definition) is 2. The van der Waals surface area contributed by atoms with E-state index in [4.69, 9.17) is 0 Å². The second kappa shape index (κ2) is 4.99. The highest BCUT2D eigenvalue weighted by Gasteiger charge is 2.57. The number of nitrogens with zero attached hydrogens (tertiary/aromatic N) is 2. The number of benzene rings is 1. The molecule has 3 atom stereocenters. The van der Waals surface area contributed by atoms with Crippen molar-refractivity contribution in [1.29, 1.82) is 0 Å². The number of piperidine rings is 1. The molecule has 5 heteroatoms. The van der Waals surface area contributed by atoms with Gasteiger partial charge in [-0.3, -0.25) is 4.79 Å². The van der Waals surface area contributed by atoms with Gasteiger partial charge in [-0.05, 0) is 51.3 Å². The number of hydrogen-bond acceptors (Lipinski definition) is 4. The Bertz CT molecular complexity index is 776. The Morgan fingerprint density at radius 1 is 1.26 bits per heavy atom. The van der Waals surface area contributed by atoms with Crippen molar-refractivity contribution in [3.8, 4) is 0 Å². The van der Waals surface area contributed by atoms with Crippen LogP contribution in [0.25, 0.3) is 10.9 Å². The van der Waals surface area contributed by atoms with Gasteiger partial charge in [0.2, 0.25) is 5.91 Å². The largest absolute Gasteiger partial charge is 0.345 e. The maximum atomic E-state index is 12.6. The average Bonchev–Trinajstić information content (AvgIpc) is 3.00. The number of nitrogens with one attached hydrogen (secondary N) is 2. The SMILES string of the molecule is Cc1cccc2c(C(C)(C)NC(=O)C3C4CNC[C@H]43)ncnc12. The minimum Gasteiger partial charge on any atom is -0.345 e. The quantitative estimate of drug-likeness (QED) is 0.906. The van der Waals surface area contributed by atoms with E-state index in [-0.39, 0.29) is 11.8 Å². The zero-order valence-electron chi connectivity index (χ0n) is 13.8. The molecule has 1 amide bonds. The molecule has 4 rings (SSSR count). The standard InChI is InChI=1S/C18H22N4O/c1-10-5-4-6-11-15(10)20-9-21-16(11)18(2,3)22-17(23)14-12-7-19-8-13(12)14/h4-6,9,12-14,19H,7-8H2,1-3H3,(H,22,23)/t12-,13?,14?/m1/s1. The van der Waals surface area contributed by atoms with Crippen molar-refractivity contribution in [2.24, 2.45) is 17.8 Å². The van der Waals surface area contributed by atoms with Crippen LogP contribution in [0.4, 0.5) is 0 Å². The molecule has 1 aliphatic heterocycles. The molecule has 2 fully saturated rings. The maximum absolute atomic E-state index is 12.6. The van der Waals surface area contributed by atoms with Crippen LogP contribution in [-0.2, 0) is 10.3 Å². The third-order valence-corrected chi connectivity index (χ3v) is 5.29. The fraction of sp³-hybridized carbons (Fsp3) is 0.500. The molecular formula is C18H22N4O. The topological polar surface area (TPSA) is 66.9 Å². The number of fused-ring (bicyclic) bond motifs is 2. The summed E-state index contributed by atoms with van der Waals surface area (Å²) >= 11 is 0. The predicted octanol–water partition coefficient (Wildman–Crippen LogP) is 1.75. The number of amides is 1. The van der Waals surface area contributed by atoms with Crippen molar-refractivity contribution in [3.63, 3.8) is 0 Å². The minimum atomic E-state index is -0.517. The van der Waals surface area contributed by atoms with Crippen molar-refractivity contribution >= 4 is 16.8 Å². The van der Waals surface area contributed by atoms with Gasteiger partial charge in [0.15, 0.2) is 0 Å². The molecule has 0 radical (unpaired) electrons. The summed E-state index contributed by atoms with van der Waals surface area (Å²) in [6.45, 7) is 8.03. The van der Waals surface area contributed by atoms with E-state index in [1.165, 1.54) is 0 Å². The number of para-hydroxylation sites is 1. The number of rotatable bonds is 3. The van der Waals surface area contributed by atoms with Crippen molar-refractivity contribution in [2.75, 3.05) is 13.1 Å². The summed E-state index contributed by atoms with van der Waals surface area (Å²) in [7, 11) is 0.